The lowest BCUT2D eigenvalue weighted by Crippen LogP contribution is -2.40. The summed E-state index contributed by atoms with van der Waals surface area (Å²) < 4.78 is 49.9. The summed E-state index contributed by atoms with van der Waals surface area (Å²) >= 11 is 6.30. The van der Waals surface area contributed by atoms with Crippen LogP contribution in [0.4, 0.5) is 18.9 Å². The van der Waals surface area contributed by atoms with E-state index < -0.39 is 35.4 Å². The zero-order valence-electron chi connectivity index (χ0n) is 24.1. The number of methoxy groups -OCH3 is 1. The van der Waals surface area contributed by atoms with E-state index in [4.69, 9.17) is 21.1 Å². The molecule has 8 nitrogen and oxygen atoms in total. The Morgan fingerprint density at radius 2 is 1.62 bits per heavy atom. The molecule has 0 aliphatic heterocycles. The van der Waals surface area contributed by atoms with Gasteiger partial charge in [0.1, 0.15) is 12.4 Å². The van der Waals surface area contributed by atoms with Crippen LogP contribution >= 0.6 is 11.6 Å². The van der Waals surface area contributed by atoms with Crippen LogP contribution in [0.2, 0.25) is 5.02 Å². The number of carbonyl (C=O) groups excluding carboxylic acids is 3. The molecule has 0 radical (unpaired) electrons. The van der Waals surface area contributed by atoms with Gasteiger partial charge in [-0.1, -0.05) is 38.4 Å². The fourth-order valence-corrected chi connectivity index (χ4v) is 4.68. The molecule has 1 aliphatic rings. The predicted octanol–water partition coefficient (Wildman–Crippen LogP) is 6.13. The molecule has 42 heavy (non-hydrogen) atoms. The molecule has 2 aromatic carbocycles. The summed E-state index contributed by atoms with van der Waals surface area (Å²) in [5.41, 5.74) is 0.675. The third-order valence-corrected chi connectivity index (χ3v) is 7.29. The minimum Gasteiger partial charge on any atom is -0.490 e. The van der Waals surface area contributed by atoms with E-state index in [0.717, 1.165) is 0 Å². The van der Waals surface area contributed by atoms with Gasteiger partial charge in [0.05, 0.1) is 28.7 Å². The van der Waals surface area contributed by atoms with Gasteiger partial charge >= 0.3 is 6.18 Å². The highest BCUT2D eigenvalue weighted by atomic mass is 35.5. The van der Waals surface area contributed by atoms with Crippen LogP contribution in [-0.4, -0.2) is 50.3 Å². The zero-order valence-corrected chi connectivity index (χ0v) is 24.9. The van der Waals surface area contributed by atoms with Gasteiger partial charge in [-0.2, -0.15) is 13.2 Å². The average molecular weight is 612 g/mol. The van der Waals surface area contributed by atoms with Gasteiger partial charge < -0.3 is 25.4 Å². The Morgan fingerprint density at radius 3 is 2.24 bits per heavy atom. The van der Waals surface area contributed by atoms with Gasteiger partial charge in [-0.25, -0.2) is 0 Å². The van der Waals surface area contributed by atoms with Gasteiger partial charge in [0, 0.05) is 30.8 Å². The second-order valence-corrected chi connectivity index (χ2v) is 11.7. The van der Waals surface area contributed by atoms with Crippen LogP contribution in [0.5, 0.6) is 5.75 Å². The molecule has 3 amide bonds. The normalized spacial score (nSPS) is 17.3. The number of halogens is 4. The number of nitrogens with one attached hydrogen (secondary N) is 3. The van der Waals surface area contributed by atoms with Crippen LogP contribution in [0.25, 0.3) is 0 Å². The number of rotatable bonds is 10. The maximum atomic E-state index is 13.2. The summed E-state index contributed by atoms with van der Waals surface area (Å²) in [5.74, 6) is -2.33. The first-order valence-electron chi connectivity index (χ1n) is 13.7. The molecule has 3 rings (SSSR count). The Labute approximate surface area is 248 Å². The second-order valence-electron chi connectivity index (χ2n) is 11.3. The van der Waals surface area contributed by atoms with Crippen molar-refractivity contribution in [1.29, 1.82) is 0 Å². The van der Waals surface area contributed by atoms with Crippen molar-refractivity contribution in [2.75, 3.05) is 25.6 Å². The van der Waals surface area contributed by atoms with Crippen molar-refractivity contribution in [2.24, 2.45) is 11.3 Å². The Bertz CT molecular complexity index is 1270. The Balaban J connectivity index is 1.75. The van der Waals surface area contributed by atoms with Crippen LogP contribution in [-0.2, 0) is 16.1 Å². The molecule has 0 atom stereocenters. The van der Waals surface area contributed by atoms with Crippen molar-refractivity contribution in [1.82, 2.24) is 10.6 Å². The molecule has 0 bridgehead atoms. The van der Waals surface area contributed by atoms with Gasteiger partial charge in [0.15, 0.2) is 0 Å². The Hall–Kier alpha value is -3.31. The monoisotopic (exact) mass is 611 g/mol. The van der Waals surface area contributed by atoms with E-state index in [1.54, 1.807) is 45.0 Å². The number of hydrogen-bond acceptors (Lipinski definition) is 5. The van der Waals surface area contributed by atoms with Gasteiger partial charge in [-0.05, 0) is 61.6 Å². The number of carbonyl (C=O) groups is 3. The van der Waals surface area contributed by atoms with Crippen molar-refractivity contribution in [3.8, 4) is 5.75 Å². The van der Waals surface area contributed by atoms with Crippen LogP contribution in [0, 0.1) is 11.3 Å². The number of hydrogen-bond donors (Lipinski definition) is 3. The lowest BCUT2D eigenvalue weighted by Gasteiger charge is -2.30. The van der Waals surface area contributed by atoms with Crippen molar-refractivity contribution in [3.05, 3.63) is 58.1 Å². The van der Waals surface area contributed by atoms with Gasteiger partial charge in [-0.3, -0.25) is 14.4 Å². The van der Waals surface area contributed by atoms with E-state index in [9.17, 15) is 27.6 Å². The zero-order chi connectivity index (χ0) is 31.1. The summed E-state index contributed by atoms with van der Waals surface area (Å²) in [6.45, 7) is 6.02. The van der Waals surface area contributed by atoms with Crippen LogP contribution in [0.1, 0.15) is 72.7 Å². The molecule has 0 aromatic heterocycles. The molecule has 1 aliphatic carbocycles. The smallest absolute Gasteiger partial charge is 0.391 e. The molecule has 230 valence electrons. The number of anilines is 1. The molecule has 0 unspecified atom stereocenters. The van der Waals surface area contributed by atoms with E-state index in [2.05, 4.69) is 16.0 Å². The van der Waals surface area contributed by atoms with E-state index >= 15 is 0 Å². The lowest BCUT2D eigenvalue weighted by atomic mass is 9.85. The van der Waals surface area contributed by atoms with Crippen molar-refractivity contribution in [3.63, 3.8) is 0 Å². The third kappa shape index (κ3) is 9.35. The molecule has 1 saturated carbocycles. The Morgan fingerprint density at radius 1 is 0.929 bits per heavy atom. The van der Waals surface area contributed by atoms with Crippen molar-refractivity contribution < 1.29 is 37.0 Å². The first-order valence-corrected chi connectivity index (χ1v) is 14.1. The predicted molar refractivity (Wildman–Crippen MR) is 154 cm³/mol. The van der Waals surface area contributed by atoms with Gasteiger partial charge in [0.2, 0.25) is 5.91 Å². The molecular weight excluding hydrogens is 575 g/mol. The fraction of sp³-hybridized carbons (Fsp3) is 0.500. The number of amides is 3. The first kappa shape index (κ1) is 33.2. The summed E-state index contributed by atoms with van der Waals surface area (Å²) in [6.07, 6.45) is -3.94. The summed E-state index contributed by atoms with van der Waals surface area (Å²) in [5, 5.41) is 8.58. The molecule has 1 fully saturated rings. The summed E-state index contributed by atoms with van der Waals surface area (Å²) in [6, 6.07) is 8.97. The highest BCUT2D eigenvalue weighted by molar-refractivity contribution is 6.34. The minimum atomic E-state index is -4.24. The first-order chi connectivity index (χ1) is 19.7. The van der Waals surface area contributed by atoms with E-state index in [1.165, 1.54) is 19.2 Å². The number of benzene rings is 2. The van der Waals surface area contributed by atoms with E-state index in [1.807, 2.05) is 0 Å². The van der Waals surface area contributed by atoms with Gasteiger partial charge in [0.25, 0.3) is 11.8 Å². The molecule has 3 N–H and O–H groups in total. The number of alkyl halides is 3. The minimum absolute atomic E-state index is 0.0541. The largest absolute Gasteiger partial charge is 0.490 e. The summed E-state index contributed by atoms with van der Waals surface area (Å²) in [7, 11) is 1.51. The molecule has 0 heterocycles. The Kier molecular flexibility index (Phi) is 11.3. The maximum Gasteiger partial charge on any atom is 0.391 e. The SMILES string of the molecule is COCCOc1ccc(NC(=O)c2cc(CNC(=O)C(C)(C)C)ccc2Cl)cc1C(=O)NC1CCC(C(F)(F)F)CC1. The molecule has 0 saturated heterocycles. The lowest BCUT2D eigenvalue weighted by molar-refractivity contribution is -0.182. The van der Waals surface area contributed by atoms with Crippen molar-refractivity contribution >= 4 is 35.0 Å². The van der Waals surface area contributed by atoms with Gasteiger partial charge in [-0.15, -0.1) is 0 Å². The highest BCUT2D eigenvalue weighted by Gasteiger charge is 2.41. The van der Waals surface area contributed by atoms with Crippen LogP contribution < -0.4 is 20.7 Å². The molecular formula is C30H37ClF3N3O5. The molecule has 2 aromatic rings. The fourth-order valence-electron chi connectivity index (χ4n) is 4.48. The standard InChI is InChI=1S/C30H37ClF3N3O5/c1-29(2,3)28(40)35-17-18-5-11-24(31)22(15-18)26(38)37-21-10-12-25(42-14-13-41-4)23(16-21)27(39)36-20-8-6-19(7-9-20)30(32,33)34/h5,10-12,15-16,19-20H,6-9,13-14,17H2,1-4H3,(H,35,40)(H,36,39)(H,37,38). The highest BCUT2D eigenvalue weighted by Crippen LogP contribution is 2.37. The van der Waals surface area contributed by atoms with E-state index in [0.29, 0.717) is 5.56 Å². The summed E-state index contributed by atoms with van der Waals surface area (Å²) in [4.78, 5) is 38.6. The van der Waals surface area contributed by atoms with Crippen LogP contribution in [0.15, 0.2) is 36.4 Å². The molecule has 0 spiro atoms. The quantitative estimate of drug-likeness (QED) is 0.280. The topological polar surface area (TPSA) is 106 Å². The number of ether oxygens (including phenoxy) is 2. The second kappa shape index (κ2) is 14.2. The van der Waals surface area contributed by atoms with Crippen LogP contribution in [0.3, 0.4) is 0 Å². The maximum absolute atomic E-state index is 13.2. The molecule has 12 heteroatoms. The van der Waals surface area contributed by atoms with E-state index in [-0.39, 0.29) is 78.9 Å². The van der Waals surface area contributed by atoms with Crippen molar-refractivity contribution in [2.45, 2.75) is 65.2 Å². The average Bonchev–Trinajstić information content (AvgIpc) is 2.92. The third-order valence-electron chi connectivity index (χ3n) is 6.96.